The van der Waals surface area contributed by atoms with Crippen LogP contribution < -0.4 is 15.8 Å². The van der Waals surface area contributed by atoms with Gasteiger partial charge in [-0.2, -0.15) is 5.10 Å². The van der Waals surface area contributed by atoms with Gasteiger partial charge in [-0.1, -0.05) is 42.5 Å². The van der Waals surface area contributed by atoms with E-state index in [4.69, 9.17) is 9.15 Å². The monoisotopic (exact) mass is 377 g/mol. The molecule has 6 nitrogen and oxygen atoms in total. The zero-order valence-electron chi connectivity index (χ0n) is 14.4. The molecule has 27 heavy (non-hydrogen) atoms. The maximum atomic E-state index is 12.4. The number of para-hydroxylation sites is 1. The molecule has 0 saturated carbocycles. The molecular weight excluding hydrogens is 362 g/mol. The Morgan fingerprint density at radius 3 is 2.85 bits per heavy atom. The number of rotatable bonds is 5. The fourth-order valence-corrected chi connectivity index (χ4v) is 3.27. The number of hydrogen-bond acceptors (Lipinski definition) is 7. The molecule has 7 heteroatoms. The quantitative estimate of drug-likeness (QED) is 0.317. The molecule has 0 aliphatic rings. The van der Waals surface area contributed by atoms with E-state index in [1.54, 1.807) is 23.7 Å². The van der Waals surface area contributed by atoms with Crippen LogP contribution in [0.1, 0.15) is 5.56 Å². The predicted octanol–water partition coefficient (Wildman–Crippen LogP) is 4.37. The topological polar surface area (TPSA) is 76.7 Å². The highest BCUT2D eigenvalue weighted by Gasteiger charge is 2.13. The average molecular weight is 377 g/mol. The second kappa shape index (κ2) is 7.43. The fourth-order valence-electron chi connectivity index (χ4n) is 2.61. The third kappa shape index (κ3) is 3.58. The van der Waals surface area contributed by atoms with Crippen LogP contribution in [0.3, 0.4) is 0 Å². The van der Waals surface area contributed by atoms with Gasteiger partial charge in [-0.3, -0.25) is 5.43 Å². The van der Waals surface area contributed by atoms with Crippen molar-refractivity contribution in [3.05, 3.63) is 76.0 Å². The minimum Gasteiger partial charge on any atom is -0.493 e. The lowest BCUT2D eigenvalue weighted by Gasteiger charge is -2.04. The molecule has 0 unspecified atom stereocenters. The molecule has 0 saturated heterocycles. The first-order valence-corrected chi connectivity index (χ1v) is 9.03. The maximum Gasteiger partial charge on any atom is 0.345 e. The number of nitrogens with zero attached hydrogens (tertiary/aromatic N) is 2. The van der Waals surface area contributed by atoms with Crippen molar-refractivity contribution in [3.63, 3.8) is 0 Å². The van der Waals surface area contributed by atoms with Gasteiger partial charge in [-0.25, -0.2) is 9.78 Å². The summed E-state index contributed by atoms with van der Waals surface area (Å²) in [6, 6.07) is 16.9. The lowest BCUT2D eigenvalue weighted by Crippen LogP contribution is -2.03. The minimum atomic E-state index is -0.461. The molecule has 0 amide bonds. The molecule has 0 spiro atoms. The summed E-state index contributed by atoms with van der Waals surface area (Å²) in [7, 11) is 1.54. The Morgan fingerprint density at radius 2 is 2.04 bits per heavy atom. The molecular formula is C20H15N3O3S. The van der Waals surface area contributed by atoms with Crippen LogP contribution in [0.2, 0.25) is 0 Å². The Bertz CT molecular complexity index is 1170. The largest absolute Gasteiger partial charge is 0.493 e. The summed E-state index contributed by atoms with van der Waals surface area (Å²) in [6.07, 6.45) is 1.71. The molecule has 0 aliphatic carbocycles. The molecule has 4 rings (SSSR count). The van der Waals surface area contributed by atoms with E-state index in [1.165, 1.54) is 18.4 Å². The van der Waals surface area contributed by atoms with Gasteiger partial charge in [0.2, 0.25) is 5.13 Å². The Hall–Kier alpha value is -3.45. The van der Waals surface area contributed by atoms with Gasteiger partial charge < -0.3 is 9.15 Å². The molecule has 2 aromatic heterocycles. The van der Waals surface area contributed by atoms with E-state index in [2.05, 4.69) is 15.5 Å². The van der Waals surface area contributed by atoms with Crippen molar-refractivity contribution in [2.45, 2.75) is 0 Å². The molecule has 0 radical (unpaired) electrons. The van der Waals surface area contributed by atoms with Crippen molar-refractivity contribution in [1.82, 2.24) is 4.98 Å². The van der Waals surface area contributed by atoms with E-state index < -0.39 is 5.63 Å². The molecule has 0 bridgehead atoms. The maximum absolute atomic E-state index is 12.4. The number of nitrogens with one attached hydrogen (secondary N) is 1. The van der Waals surface area contributed by atoms with Gasteiger partial charge in [-0.05, 0) is 17.7 Å². The molecule has 2 heterocycles. The highest BCUT2D eigenvalue weighted by Crippen LogP contribution is 2.29. The summed E-state index contributed by atoms with van der Waals surface area (Å²) < 4.78 is 10.7. The normalized spacial score (nSPS) is 11.1. The number of hydrogen-bond donors (Lipinski definition) is 1. The smallest absolute Gasteiger partial charge is 0.345 e. The highest BCUT2D eigenvalue weighted by atomic mass is 32.1. The summed E-state index contributed by atoms with van der Waals surface area (Å²) in [5.74, 6) is 0.520. The third-order valence-electron chi connectivity index (χ3n) is 3.90. The molecule has 1 N–H and O–H groups in total. The van der Waals surface area contributed by atoms with Crippen LogP contribution in [0.5, 0.6) is 5.75 Å². The second-order valence-corrected chi connectivity index (χ2v) is 6.50. The molecule has 134 valence electrons. The number of aromatic nitrogens is 1. The highest BCUT2D eigenvalue weighted by molar-refractivity contribution is 7.14. The minimum absolute atomic E-state index is 0.395. The first kappa shape index (κ1) is 17.0. The Morgan fingerprint density at radius 1 is 1.19 bits per heavy atom. The van der Waals surface area contributed by atoms with Gasteiger partial charge in [-0.15, -0.1) is 11.3 Å². The zero-order valence-corrected chi connectivity index (χ0v) is 15.2. The lowest BCUT2D eigenvalue weighted by atomic mass is 10.1. The number of anilines is 1. The van der Waals surface area contributed by atoms with Gasteiger partial charge in [0.05, 0.1) is 24.6 Å². The van der Waals surface area contributed by atoms with Crippen LogP contribution in [0.4, 0.5) is 5.13 Å². The SMILES string of the molecule is COc1cccc2cc(-c3csc(N/N=C\c4ccccc4)n3)c(=O)oc12. The number of methoxy groups -OCH3 is 1. The number of fused-ring (bicyclic) bond motifs is 1. The summed E-state index contributed by atoms with van der Waals surface area (Å²) in [5.41, 5.74) is 4.76. The predicted molar refractivity (Wildman–Crippen MR) is 108 cm³/mol. The number of ether oxygens (including phenoxy) is 1. The molecule has 0 fully saturated rings. The van der Waals surface area contributed by atoms with Crippen molar-refractivity contribution in [1.29, 1.82) is 0 Å². The van der Waals surface area contributed by atoms with Gasteiger partial charge in [0.15, 0.2) is 11.3 Å². The van der Waals surface area contributed by atoms with E-state index in [-0.39, 0.29) is 0 Å². The van der Waals surface area contributed by atoms with Crippen molar-refractivity contribution in [3.8, 4) is 17.0 Å². The van der Waals surface area contributed by atoms with Gasteiger partial charge in [0.1, 0.15) is 0 Å². The van der Waals surface area contributed by atoms with E-state index in [0.717, 1.165) is 10.9 Å². The fraction of sp³-hybridized carbons (Fsp3) is 0.0500. The summed E-state index contributed by atoms with van der Waals surface area (Å²) >= 11 is 1.36. The Labute approximate surface area is 158 Å². The van der Waals surface area contributed by atoms with Gasteiger partial charge in [0.25, 0.3) is 0 Å². The van der Waals surface area contributed by atoms with Crippen LogP contribution in [-0.2, 0) is 0 Å². The number of thiazole rings is 1. The lowest BCUT2D eigenvalue weighted by molar-refractivity contribution is 0.407. The molecule has 0 aliphatic heterocycles. The molecule has 2 aromatic carbocycles. The third-order valence-corrected chi connectivity index (χ3v) is 4.64. The summed E-state index contributed by atoms with van der Waals surface area (Å²) in [5, 5.41) is 7.32. The molecule has 0 atom stereocenters. The Balaban J connectivity index is 1.60. The van der Waals surface area contributed by atoms with Crippen LogP contribution in [-0.4, -0.2) is 18.3 Å². The standard InChI is InChI=1S/C20H15N3O3S/c1-25-17-9-5-8-14-10-15(19(24)26-18(14)17)16-12-27-20(22-16)23-21-11-13-6-3-2-4-7-13/h2-12H,1H3,(H,22,23)/b21-11-. The van der Waals surface area contributed by atoms with Crippen molar-refractivity contribution in [2.24, 2.45) is 5.10 Å². The van der Waals surface area contributed by atoms with E-state index in [9.17, 15) is 4.79 Å². The van der Waals surface area contributed by atoms with E-state index in [1.807, 2.05) is 42.5 Å². The van der Waals surface area contributed by atoms with Crippen molar-refractivity contribution in [2.75, 3.05) is 12.5 Å². The van der Waals surface area contributed by atoms with E-state index >= 15 is 0 Å². The number of hydrazone groups is 1. The van der Waals surface area contributed by atoms with Crippen molar-refractivity contribution >= 4 is 33.7 Å². The van der Waals surface area contributed by atoms with Gasteiger partial charge >= 0.3 is 5.63 Å². The zero-order chi connectivity index (χ0) is 18.6. The van der Waals surface area contributed by atoms with Gasteiger partial charge in [0, 0.05) is 10.8 Å². The van der Waals surface area contributed by atoms with Crippen molar-refractivity contribution < 1.29 is 9.15 Å². The van der Waals surface area contributed by atoms with Crippen LogP contribution in [0, 0.1) is 0 Å². The van der Waals surface area contributed by atoms with Crippen LogP contribution in [0.15, 0.2) is 74.3 Å². The summed E-state index contributed by atoms with van der Waals surface area (Å²) in [4.78, 5) is 16.8. The first-order chi connectivity index (χ1) is 13.2. The first-order valence-electron chi connectivity index (χ1n) is 8.15. The average Bonchev–Trinajstić information content (AvgIpc) is 3.16. The van der Waals surface area contributed by atoms with Crippen LogP contribution >= 0.6 is 11.3 Å². The molecule has 4 aromatic rings. The summed E-state index contributed by atoms with van der Waals surface area (Å²) in [6.45, 7) is 0. The second-order valence-electron chi connectivity index (χ2n) is 5.64. The van der Waals surface area contributed by atoms with E-state index in [0.29, 0.717) is 27.7 Å². The Kier molecular flexibility index (Phi) is 4.67. The van der Waals surface area contributed by atoms with Crippen LogP contribution in [0.25, 0.3) is 22.2 Å². The number of benzene rings is 2.